The summed E-state index contributed by atoms with van der Waals surface area (Å²) in [5, 5.41) is 11.8. The van der Waals surface area contributed by atoms with Gasteiger partial charge in [-0.3, -0.25) is 0 Å². The fourth-order valence-electron chi connectivity index (χ4n) is 5.40. The van der Waals surface area contributed by atoms with Crippen molar-refractivity contribution >= 4 is 11.9 Å². The number of aliphatic hydroxyl groups is 1. The van der Waals surface area contributed by atoms with Gasteiger partial charge in [0.1, 0.15) is 12.2 Å². The van der Waals surface area contributed by atoms with E-state index in [1.54, 1.807) is 44.2 Å². The second-order valence-corrected chi connectivity index (χ2v) is 9.95. The molecule has 0 saturated heterocycles. The fourth-order valence-corrected chi connectivity index (χ4v) is 5.40. The van der Waals surface area contributed by atoms with Crippen LogP contribution in [-0.2, 0) is 14.3 Å². The quantitative estimate of drug-likeness (QED) is 0.385. The molecule has 32 heavy (non-hydrogen) atoms. The molecule has 5 atom stereocenters. The molecule has 174 valence electrons. The maximum atomic E-state index is 13.0. The number of fused-ring (bicyclic) bond motifs is 1. The van der Waals surface area contributed by atoms with Gasteiger partial charge in [-0.1, -0.05) is 50.6 Å². The Morgan fingerprint density at radius 3 is 2.41 bits per heavy atom. The Labute approximate surface area is 191 Å². The average Bonchev–Trinajstić information content (AvgIpc) is 3.00. The Bertz CT molecular complexity index is 915. The normalized spacial score (nSPS) is 32.7. The minimum Gasteiger partial charge on any atom is -0.458 e. The molecule has 2 aliphatic rings. The molecular formula is C27H36O5. The van der Waals surface area contributed by atoms with Gasteiger partial charge in [-0.25, -0.2) is 9.59 Å². The van der Waals surface area contributed by atoms with E-state index < -0.39 is 29.2 Å². The van der Waals surface area contributed by atoms with Crippen LogP contribution in [0.5, 0.6) is 0 Å². The smallest absolute Gasteiger partial charge is 0.338 e. The molecular weight excluding hydrogens is 404 g/mol. The first-order chi connectivity index (χ1) is 15.0. The van der Waals surface area contributed by atoms with Crippen LogP contribution in [0.2, 0.25) is 0 Å². The third-order valence-electron chi connectivity index (χ3n) is 7.55. The van der Waals surface area contributed by atoms with Gasteiger partial charge in [-0.15, -0.1) is 0 Å². The molecule has 0 aliphatic heterocycles. The molecule has 0 unspecified atom stereocenters. The summed E-state index contributed by atoms with van der Waals surface area (Å²) in [6.45, 7) is 11.6. The van der Waals surface area contributed by atoms with E-state index in [-0.39, 0.29) is 17.8 Å². The summed E-state index contributed by atoms with van der Waals surface area (Å²) in [7, 11) is 0. The number of allylic oxidation sites excluding steroid dienone is 1. The van der Waals surface area contributed by atoms with E-state index in [0.29, 0.717) is 30.4 Å². The van der Waals surface area contributed by atoms with E-state index in [1.807, 2.05) is 32.9 Å². The molecule has 0 amide bonds. The van der Waals surface area contributed by atoms with Crippen LogP contribution in [0.3, 0.4) is 0 Å². The molecule has 3 rings (SSSR count). The number of ether oxygens (including phenoxy) is 2. The largest absolute Gasteiger partial charge is 0.458 e. The summed E-state index contributed by atoms with van der Waals surface area (Å²) in [5.41, 5.74) is 0.410. The molecule has 0 spiro atoms. The Morgan fingerprint density at radius 2 is 1.81 bits per heavy atom. The minimum absolute atomic E-state index is 0.0423. The highest BCUT2D eigenvalue weighted by molar-refractivity contribution is 5.89. The van der Waals surface area contributed by atoms with Gasteiger partial charge < -0.3 is 14.6 Å². The van der Waals surface area contributed by atoms with E-state index in [1.165, 1.54) is 0 Å². The highest BCUT2D eigenvalue weighted by Gasteiger charge is 2.63. The van der Waals surface area contributed by atoms with Gasteiger partial charge in [-0.2, -0.15) is 0 Å². The second kappa shape index (κ2) is 9.22. The van der Waals surface area contributed by atoms with Crippen molar-refractivity contribution in [1.82, 2.24) is 0 Å². The third kappa shape index (κ3) is 4.40. The summed E-state index contributed by atoms with van der Waals surface area (Å²) in [6, 6.07) is 8.92. The first-order valence-electron chi connectivity index (χ1n) is 11.5. The van der Waals surface area contributed by atoms with E-state index in [4.69, 9.17) is 9.47 Å². The van der Waals surface area contributed by atoms with E-state index in [0.717, 1.165) is 5.57 Å². The van der Waals surface area contributed by atoms with Gasteiger partial charge in [0.05, 0.1) is 11.2 Å². The van der Waals surface area contributed by atoms with Crippen molar-refractivity contribution in [2.75, 3.05) is 0 Å². The Morgan fingerprint density at radius 1 is 1.16 bits per heavy atom. The first kappa shape index (κ1) is 24.2. The molecule has 5 nitrogen and oxygen atoms in total. The van der Waals surface area contributed by atoms with Crippen molar-refractivity contribution in [2.45, 2.75) is 78.6 Å². The molecule has 0 radical (unpaired) electrons. The number of esters is 2. The van der Waals surface area contributed by atoms with Crippen LogP contribution in [0.4, 0.5) is 0 Å². The Kier molecular flexibility index (Phi) is 6.99. The van der Waals surface area contributed by atoms with Crippen LogP contribution < -0.4 is 0 Å². The lowest BCUT2D eigenvalue weighted by Gasteiger charge is -2.45. The molecule has 1 fully saturated rings. The number of benzene rings is 1. The summed E-state index contributed by atoms with van der Waals surface area (Å²) in [6.07, 6.45) is 4.41. The lowest BCUT2D eigenvalue weighted by Crippen LogP contribution is -2.53. The highest BCUT2D eigenvalue weighted by atomic mass is 16.6. The van der Waals surface area contributed by atoms with E-state index in [2.05, 4.69) is 6.92 Å². The highest BCUT2D eigenvalue weighted by Crippen LogP contribution is 2.58. The summed E-state index contributed by atoms with van der Waals surface area (Å²) < 4.78 is 12.1. The van der Waals surface area contributed by atoms with Gasteiger partial charge in [-0.05, 0) is 57.7 Å². The van der Waals surface area contributed by atoms with Crippen LogP contribution in [0.15, 0.2) is 53.6 Å². The monoisotopic (exact) mass is 440 g/mol. The van der Waals surface area contributed by atoms with Crippen LogP contribution in [-0.4, -0.2) is 34.9 Å². The molecule has 2 aliphatic carbocycles. The number of carbonyl (C=O) groups excluding carboxylic acids is 2. The van der Waals surface area contributed by atoms with Gasteiger partial charge in [0, 0.05) is 23.3 Å². The van der Waals surface area contributed by atoms with Crippen LogP contribution in [0, 0.1) is 17.3 Å². The SMILES string of the molecule is CC=C(C)C(=O)O[C@@H]1C=C(C)C[C@H](OC(=O)c2ccccc2)[C@@H]2[C@]1(C)CC[C@@]2(O)C(C)C. The number of rotatable bonds is 5. The van der Waals surface area contributed by atoms with Gasteiger partial charge in [0.2, 0.25) is 0 Å². The van der Waals surface area contributed by atoms with Crippen LogP contribution in [0.1, 0.15) is 71.2 Å². The third-order valence-corrected chi connectivity index (χ3v) is 7.55. The lowest BCUT2D eigenvalue weighted by molar-refractivity contribution is -0.159. The van der Waals surface area contributed by atoms with Crippen molar-refractivity contribution in [1.29, 1.82) is 0 Å². The summed E-state index contributed by atoms with van der Waals surface area (Å²) in [5.74, 6) is -1.18. The maximum Gasteiger partial charge on any atom is 0.338 e. The molecule has 0 heterocycles. The Hall–Kier alpha value is -2.40. The number of hydrogen-bond acceptors (Lipinski definition) is 5. The molecule has 1 aromatic rings. The average molecular weight is 441 g/mol. The van der Waals surface area contributed by atoms with Gasteiger partial charge >= 0.3 is 11.9 Å². The topological polar surface area (TPSA) is 72.8 Å². The Balaban J connectivity index is 2.02. The standard InChI is InChI=1S/C27H36O5/c1-7-19(5)24(28)32-22-16-18(4)15-21(31-25(29)20-11-9-8-10-12-20)23-26(22,6)13-14-27(23,30)17(2)3/h7-12,16-17,21-23,30H,13-15H2,1-6H3/t21-,22+,23+,26+,27+/m0/s1. The minimum atomic E-state index is -1.03. The zero-order valence-electron chi connectivity index (χ0n) is 20.1. The molecule has 1 saturated carbocycles. The van der Waals surface area contributed by atoms with E-state index in [9.17, 15) is 14.7 Å². The van der Waals surface area contributed by atoms with Crippen molar-refractivity contribution < 1.29 is 24.2 Å². The predicted octanol–water partition coefficient (Wildman–Crippen LogP) is 5.24. The fraction of sp³-hybridized carbons (Fsp3) is 0.556. The van der Waals surface area contributed by atoms with Crippen molar-refractivity contribution in [2.24, 2.45) is 17.3 Å². The summed E-state index contributed by atoms with van der Waals surface area (Å²) >= 11 is 0. The molecule has 1 aromatic carbocycles. The van der Waals surface area contributed by atoms with Crippen molar-refractivity contribution in [3.05, 3.63) is 59.2 Å². The second-order valence-electron chi connectivity index (χ2n) is 9.95. The zero-order valence-corrected chi connectivity index (χ0v) is 20.1. The number of carbonyl (C=O) groups is 2. The van der Waals surface area contributed by atoms with Gasteiger partial charge in [0.25, 0.3) is 0 Å². The number of hydrogen-bond donors (Lipinski definition) is 1. The molecule has 0 bridgehead atoms. The lowest BCUT2D eigenvalue weighted by atomic mass is 9.66. The van der Waals surface area contributed by atoms with E-state index >= 15 is 0 Å². The van der Waals surface area contributed by atoms with Crippen molar-refractivity contribution in [3.63, 3.8) is 0 Å². The maximum absolute atomic E-state index is 13.0. The molecule has 1 N–H and O–H groups in total. The van der Waals surface area contributed by atoms with Crippen LogP contribution in [0.25, 0.3) is 0 Å². The predicted molar refractivity (Wildman–Crippen MR) is 124 cm³/mol. The summed E-state index contributed by atoms with van der Waals surface area (Å²) in [4.78, 5) is 25.6. The first-order valence-corrected chi connectivity index (χ1v) is 11.5. The van der Waals surface area contributed by atoms with Crippen molar-refractivity contribution in [3.8, 4) is 0 Å². The molecule has 5 heteroatoms. The molecule has 0 aromatic heterocycles. The zero-order chi connectivity index (χ0) is 23.7. The van der Waals surface area contributed by atoms with Crippen LogP contribution >= 0.6 is 0 Å². The van der Waals surface area contributed by atoms with Gasteiger partial charge in [0.15, 0.2) is 0 Å².